The third kappa shape index (κ3) is 6.43. The Labute approximate surface area is 178 Å². The molecule has 3 rings (SSSR count). The molecule has 1 fully saturated rings. The molecule has 9 heteroatoms. The van der Waals surface area contributed by atoms with E-state index >= 15 is 0 Å². The number of likely N-dealkylation sites (tertiary alicyclic amines) is 1. The number of anilines is 2. The van der Waals surface area contributed by atoms with Gasteiger partial charge in [-0.05, 0) is 81.6 Å². The number of Topliss-reactive ketones (excluding diaryl/α,β-unsaturated/α-hetero) is 1. The van der Waals surface area contributed by atoms with Gasteiger partial charge < -0.3 is 20.3 Å². The van der Waals surface area contributed by atoms with Gasteiger partial charge in [0.25, 0.3) is 0 Å². The minimum atomic E-state index is -4.73. The summed E-state index contributed by atoms with van der Waals surface area (Å²) in [5, 5.41) is 6.14. The number of rotatable bonds is 5. The molecular formula is C21H22F3N3O2S. The minimum absolute atomic E-state index is 0.0268. The van der Waals surface area contributed by atoms with E-state index in [0.29, 0.717) is 16.9 Å². The van der Waals surface area contributed by atoms with E-state index in [1.807, 2.05) is 0 Å². The zero-order valence-electron chi connectivity index (χ0n) is 16.3. The van der Waals surface area contributed by atoms with Gasteiger partial charge in [0.05, 0.1) is 0 Å². The molecule has 2 N–H and O–H groups in total. The normalized spacial score (nSPS) is 15.5. The zero-order chi connectivity index (χ0) is 21.7. The largest absolute Gasteiger partial charge is 0.573 e. The van der Waals surface area contributed by atoms with Gasteiger partial charge in [0, 0.05) is 22.9 Å². The van der Waals surface area contributed by atoms with Crippen LogP contribution in [-0.2, 0) is 0 Å². The molecule has 0 aromatic heterocycles. The summed E-state index contributed by atoms with van der Waals surface area (Å²) in [6, 6.07) is 12.4. The summed E-state index contributed by atoms with van der Waals surface area (Å²) in [4.78, 5) is 15.0. The van der Waals surface area contributed by atoms with Crippen molar-refractivity contribution in [3.05, 3.63) is 54.1 Å². The highest BCUT2D eigenvalue weighted by Gasteiger charge is 2.31. The first-order valence-corrected chi connectivity index (χ1v) is 9.87. The first-order chi connectivity index (χ1) is 14.2. The molecule has 2 aromatic rings. The Bertz CT molecular complexity index is 895. The van der Waals surface area contributed by atoms with Gasteiger partial charge in [0.1, 0.15) is 5.75 Å². The van der Waals surface area contributed by atoms with Gasteiger partial charge in [-0.2, -0.15) is 0 Å². The van der Waals surface area contributed by atoms with Crippen molar-refractivity contribution in [2.24, 2.45) is 5.92 Å². The van der Waals surface area contributed by atoms with Crippen LogP contribution in [0.15, 0.2) is 48.5 Å². The van der Waals surface area contributed by atoms with Gasteiger partial charge in [-0.1, -0.05) is 12.1 Å². The topological polar surface area (TPSA) is 53.6 Å². The predicted octanol–water partition coefficient (Wildman–Crippen LogP) is 4.92. The molecular weight excluding hydrogens is 415 g/mol. The number of ether oxygens (including phenoxy) is 1. The van der Waals surface area contributed by atoms with Crippen LogP contribution in [0.1, 0.15) is 23.2 Å². The molecule has 0 saturated carbocycles. The standard InChI is InChI=1S/C21H22F3N3O2S/c1-27-11-9-14(10-12-27)19(28)15-3-2-4-17(13-15)26-20(30)25-16-5-7-18(8-6-16)29-21(22,23)24/h2-8,13-14H,9-12H2,1H3,(H2,25,26,30). The Morgan fingerprint density at radius 3 is 2.33 bits per heavy atom. The van der Waals surface area contributed by atoms with E-state index in [1.54, 1.807) is 24.3 Å². The second-order valence-electron chi connectivity index (χ2n) is 7.17. The maximum Gasteiger partial charge on any atom is 0.573 e. The number of piperidine rings is 1. The molecule has 0 bridgehead atoms. The highest BCUT2D eigenvalue weighted by atomic mass is 32.1. The lowest BCUT2D eigenvalue weighted by Gasteiger charge is -2.28. The Morgan fingerprint density at radius 2 is 1.70 bits per heavy atom. The van der Waals surface area contributed by atoms with Gasteiger partial charge in [-0.3, -0.25) is 4.79 Å². The number of alkyl halides is 3. The van der Waals surface area contributed by atoms with E-state index in [4.69, 9.17) is 12.2 Å². The summed E-state index contributed by atoms with van der Waals surface area (Å²) in [7, 11) is 2.05. The fraction of sp³-hybridized carbons (Fsp3) is 0.333. The second-order valence-corrected chi connectivity index (χ2v) is 7.58. The number of carbonyl (C=O) groups is 1. The van der Waals surface area contributed by atoms with Crippen molar-refractivity contribution >= 4 is 34.5 Å². The van der Waals surface area contributed by atoms with Gasteiger partial charge >= 0.3 is 6.36 Å². The van der Waals surface area contributed by atoms with Crippen LogP contribution in [0.3, 0.4) is 0 Å². The number of ketones is 1. The summed E-state index contributed by atoms with van der Waals surface area (Å²) in [5.74, 6) is -0.156. The van der Waals surface area contributed by atoms with Crippen molar-refractivity contribution < 1.29 is 22.7 Å². The van der Waals surface area contributed by atoms with Crippen LogP contribution >= 0.6 is 12.2 Å². The van der Waals surface area contributed by atoms with Crippen LogP contribution < -0.4 is 15.4 Å². The van der Waals surface area contributed by atoms with Crippen LogP contribution in [0, 0.1) is 5.92 Å². The lowest BCUT2D eigenvalue weighted by Crippen LogP contribution is -2.33. The van der Waals surface area contributed by atoms with Crippen molar-refractivity contribution in [3.8, 4) is 5.75 Å². The van der Waals surface area contributed by atoms with Crippen molar-refractivity contribution in [2.75, 3.05) is 30.8 Å². The average molecular weight is 437 g/mol. The number of nitrogens with zero attached hydrogens (tertiary/aromatic N) is 1. The monoisotopic (exact) mass is 437 g/mol. The number of hydrogen-bond donors (Lipinski definition) is 2. The van der Waals surface area contributed by atoms with E-state index < -0.39 is 6.36 Å². The van der Waals surface area contributed by atoms with Crippen molar-refractivity contribution in [2.45, 2.75) is 19.2 Å². The molecule has 0 aliphatic carbocycles. The molecule has 1 aliphatic heterocycles. The molecule has 160 valence electrons. The molecule has 0 radical (unpaired) electrons. The van der Waals surface area contributed by atoms with Crippen molar-refractivity contribution in [1.29, 1.82) is 0 Å². The fourth-order valence-corrected chi connectivity index (χ4v) is 3.53. The van der Waals surface area contributed by atoms with Crippen molar-refractivity contribution in [3.63, 3.8) is 0 Å². The summed E-state index contributed by atoms with van der Waals surface area (Å²) >= 11 is 5.26. The SMILES string of the molecule is CN1CCC(C(=O)c2cccc(NC(=S)Nc3ccc(OC(F)(F)F)cc3)c2)CC1. The lowest BCUT2D eigenvalue weighted by molar-refractivity contribution is -0.274. The van der Waals surface area contributed by atoms with E-state index in [-0.39, 0.29) is 22.6 Å². The molecule has 30 heavy (non-hydrogen) atoms. The van der Waals surface area contributed by atoms with Crippen LogP contribution in [0.4, 0.5) is 24.5 Å². The smallest absolute Gasteiger partial charge is 0.406 e. The molecule has 0 atom stereocenters. The van der Waals surface area contributed by atoms with E-state index in [9.17, 15) is 18.0 Å². The second kappa shape index (κ2) is 9.44. The first kappa shape index (κ1) is 22.0. The maximum absolute atomic E-state index is 12.8. The van der Waals surface area contributed by atoms with Crippen LogP contribution in [0.2, 0.25) is 0 Å². The molecule has 0 unspecified atom stereocenters. The van der Waals surface area contributed by atoms with Gasteiger partial charge in [-0.15, -0.1) is 13.2 Å². The summed E-state index contributed by atoms with van der Waals surface area (Å²) in [5.41, 5.74) is 1.79. The molecule has 0 spiro atoms. The number of thiocarbonyl (C=S) groups is 1. The Kier molecular flexibility index (Phi) is 6.94. The minimum Gasteiger partial charge on any atom is -0.406 e. The Balaban J connectivity index is 1.58. The molecule has 1 saturated heterocycles. The molecule has 0 amide bonds. The average Bonchev–Trinajstić information content (AvgIpc) is 2.68. The quantitative estimate of drug-likeness (QED) is 0.512. The first-order valence-electron chi connectivity index (χ1n) is 9.46. The van der Waals surface area contributed by atoms with E-state index in [2.05, 4.69) is 27.3 Å². The number of halogens is 3. The van der Waals surface area contributed by atoms with E-state index in [0.717, 1.165) is 25.9 Å². The summed E-state index contributed by atoms with van der Waals surface area (Å²) in [6.45, 7) is 1.82. The Hall–Kier alpha value is -2.65. The number of nitrogens with one attached hydrogen (secondary N) is 2. The molecule has 1 heterocycles. The number of carbonyl (C=O) groups excluding carboxylic acids is 1. The summed E-state index contributed by atoms with van der Waals surface area (Å²) in [6.07, 6.45) is -3.04. The highest BCUT2D eigenvalue weighted by Crippen LogP contribution is 2.25. The van der Waals surface area contributed by atoms with Crippen molar-refractivity contribution in [1.82, 2.24) is 4.90 Å². The number of hydrogen-bond acceptors (Lipinski definition) is 4. The number of benzene rings is 2. The fourth-order valence-electron chi connectivity index (χ4n) is 3.29. The van der Waals surface area contributed by atoms with Crippen LogP contribution in [0.5, 0.6) is 5.75 Å². The lowest BCUT2D eigenvalue weighted by atomic mass is 9.89. The van der Waals surface area contributed by atoms with E-state index in [1.165, 1.54) is 24.3 Å². The third-order valence-electron chi connectivity index (χ3n) is 4.84. The highest BCUT2D eigenvalue weighted by molar-refractivity contribution is 7.80. The zero-order valence-corrected chi connectivity index (χ0v) is 17.1. The van der Waals surface area contributed by atoms with Gasteiger partial charge in [-0.25, -0.2) is 0 Å². The molecule has 2 aromatic carbocycles. The van der Waals surface area contributed by atoms with Gasteiger partial charge in [0.15, 0.2) is 10.9 Å². The van der Waals surface area contributed by atoms with Crippen LogP contribution in [-0.4, -0.2) is 42.3 Å². The third-order valence-corrected chi connectivity index (χ3v) is 5.04. The molecule has 5 nitrogen and oxygen atoms in total. The van der Waals surface area contributed by atoms with Gasteiger partial charge in [0.2, 0.25) is 0 Å². The maximum atomic E-state index is 12.8. The summed E-state index contributed by atoms with van der Waals surface area (Å²) < 4.78 is 40.5. The Morgan fingerprint density at radius 1 is 1.07 bits per heavy atom. The van der Waals surface area contributed by atoms with Crippen LogP contribution in [0.25, 0.3) is 0 Å². The predicted molar refractivity (Wildman–Crippen MR) is 114 cm³/mol. The molecule has 1 aliphatic rings.